The Kier molecular flexibility index (Phi) is 4.13. The van der Waals surface area contributed by atoms with Crippen molar-refractivity contribution in [3.05, 3.63) is 28.8 Å². The summed E-state index contributed by atoms with van der Waals surface area (Å²) in [6.07, 6.45) is 1.24. The summed E-state index contributed by atoms with van der Waals surface area (Å²) in [7, 11) is -3.53. The largest absolute Gasteiger partial charge is 0.478 e. The Bertz CT molecular complexity index is 590. The minimum absolute atomic E-state index is 0.0398. The molecule has 1 aliphatic rings. The number of hydrogen-bond donors (Lipinski definition) is 1. The second-order valence-corrected chi connectivity index (χ2v) is 6.97. The summed E-state index contributed by atoms with van der Waals surface area (Å²) in [4.78, 5) is 10.9. The number of ether oxygens (including phenoxy) is 1. The van der Waals surface area contributed by atoms with Crippen molar-refractivity contribution in [2.45, 2.75) is 23.0 Å². The molecule has 1 heterocycles. The monoisotopic (exact) mass is 304 g/mol. The molecule has 19 heavy (non-hydrogen) atoms. The minimum atomic E-state index is -3.53. The summed E-state index contributed by atoms with van der Waals surface area (Å²) in [5.41, 5.74) is -0.111. The molecule has 1 atom stereocenters. The first-order chi connectivity index (χ1) is 8.93. The fraction of sp³-hybridized carbons (Fsp3) is 0.417. The van der Waals surface area contributed by atoms with Crippen molar-refractivity contribution in [2.75, 3.05) is 13.2 Å². The van der Waals surface area contributed by atoms with Crippen LogP contribution in [0.2, 0.25) is 5.02 Å². The van der Waals surface area contributed by atoms with Crippen molar-refractivity contribution in [2.24, 2.45) is 0 Å². The molecule has 1 saturated heterocycles. The molecule has 104 valence electrons. The van der Waals surface area contributed by atoms with E-state index in [9.17, 15) is 13.2 Å². The number of halogens is 1. The summed E-state index contributed by atoms with van der Waals surface area (Å²) in [5.74, 6) is -1.19. The molecule has 1 N–H and O–H groups in total. The third-order valence-electron chi connectivity index (χ3n) is 3.06. The smallest absolute Gasteiger partial charge is 0.337 e. The van der Waals surface area contributed by atoms with Crippen LogP contribution in [0.3, 0.4) is 0 Å². The first-order valence-electron chi connectivity index (χ1n) is 5.77. The first-order valence-corrected chi connectivity index (χ1v) is 7.70. The lowest BCUT2D eigenvalue weighted by molar-refractivity contribution is 0.0697. The lowest BCUT2D eigenvalue weighted by Gasteiger charge is -2.22. The van der Waals surface area contributed by atoms with Gasteiger partial charge in [0.1, 0.15) is 0 Å². The summed E-state index contributed by atoms with van der Waals surface area (Å²) in [6, 6.07) is 3.68. The van der Waals surface area contributed by atoms with E-state index < -0.39 is 21.1 Å². The predicted molar refractivity (Wildman–Crippen MR) is 69.4 cm³/mol. The molecule has 0 aliphatic carbocycles. The molecule has 5 nitrogen and oxygen atoms in total. The van der Waals surface area contributed by atoms with Crippen LogP contribution in [0, 0.1) is 0 Å². The SMILES string of the molecule is O=C(O)c1ccc(S(=O)(=O)C2CCCOC2)cc1Cl. The highest BCUT2D eigenvalue weighted by Gasteiger charge is 2.30. The van der Waals surface area contributed by atoms with Crippen LogP contribution >= 0.6 is 11.6 Å². The third kappa shape index (κ3) is 2.91. The molecular weight excluding hydrogens is 292 g/mol. The number of carbonyl (C=O) groups is 1. The van der Waals surface area contributed by atoms with E-state index >= 15 is 0 Å². The van der Waals surface area contributed by atoms with E-state index in [0.717, 1.165) is 0 Å². The van der Waals surface area contributed by atoms with Crippen molar-refractivity contribution >= 4 is 27.4 Å². The van der Waals surface area contributed by atoms with E-state index in [2.05, 4.69) is 0 Å². The van der Waals surface area contributed by atoms with Gasteiger partial charge in [0.25, 0.3) is 0 Å². The molecule has 0 bridgehead atoms. The van der Waals surface area contributed by atoms with Crippen LogP contribution in [0.25, 0.3) is 0 Å². The van der Waals surface area contributed by atoms with Gasteiger partial charge in [-0.05, 0) is 31.0 Å². The summed E-state index contributed by atoms with van der Waals surface area (Å²) in [6.45, 7) is 0.741. The highest BCUT2D eigenvalue weighted by Crippen LogP contribution is 2.26. The summed E-state index contributed by atoms with van der Waals surface area (Å²) >= 11 is 5.79. The van der Waals surface area contributed by atoms with Gasteiger partial charge in [0, 0.05) is 6.61 Å². The Morgan fingerprint density at radius 3 is 2.68 bits per heavy atom. The molecule has 0 amide bonds. The molecule has 1 aliphatic heterocycles. The van der Waals surface area contributed by atoms with Crippen LogP contribution in [0.4, 0.5) is 0 Å². The Morgan fingerprint density at radius 2 is 2.16 bits per heavy atom. The maximum Gasteiger partial charge on any atom is 0.337 e. The van der Waals surface area contributed by atoms with Crippen LogP contribution in [0.1, 0.15) is 23.2 Å². The zero-order valence-corrected chi connectivity index (χ0v) is 11.6. The Hall–Kier alpha value is -1.11. The number of benzene rings is 1. The Morgan fingerprint density at radius 1 is 1.42 bits per heavy atom. The van der Waals surface area contributed by atoms with Gasteiger partial charge in [-0.3, -0.25) is 0 Å². The predicted octanol–water partition coefficient (Wildman–Crippen LogP) is 1.99. The summed E-state index contributed by atoms with van der Waals surface area (Å²) < 4.78 is 29.8. The van der Waals surface area contributed by atoms with Crippen LogP contribution < -0.4 is 0 Å². The Balaban J connectivity index is 2.35. The van der Waals surface area contributed by atoms with Crippen LogP contribution in [-0.4, -0.2) is 38.0 Å². The van der Waals surface area contributed by atoms with E-state index in [-0.39, 0.29) is 22.1 Å². The second-order valence-electron chi connectivity index (χ2n) is 4.33. The number of carboxylic acid groups (broad SMARTS) is 1. The van der Waals surface area contributed by atoms with Gasteiger partial charge in [0.05, 0.1) is 27.3 Å². The molecule has 1 aromatic rings. The van der Waals surface area contributed by atoms with Gasteiger partial charge >= 0.3 is 5.97 Å². The first kappa shape index (κ1) is 14.3. The third-order valence-corrected chi connectivity index (χ3v) is 5.53. The van der Waals surface area contributed by atoms with Crippen molar-refractivity contribution in [3.8, 4) is 0 Å². The highest BCUT2D eigenvalue weighted by atomic mass is 35.5. The van der Waals surface area contributed by atoms with Gasteiger partial charge in [0.2, 0.25) is 0 Å². The van der Waals surface area contributed by atoms with E-state index in [0.29, 0.717) is 19.4 Å². The van der Waals surface area contributed by atoms with Crippen molar-refractivity contribution in [1.82, 2.24) is 0 Å². The van der Waals surface area contributed by atoms with E-state index in [1.165, 1.54) is 18.2 Å². The topological polar surface area (TPSA) is 80.7 Å². The number of rotatable bonds is 3. The quantitative estimate of drug-likeness (QED) is 0.923. The fourth-order valence-electron chi connectivity index (χ4n) is 1.99. The summed E-state index contributed by atoms with van der Waals surface area (Å²) in [5, 5.41) is 8.19. The standard InChI is InChI=1S/C12H13ClO5S/c13-11-6-8(3-4-10(11)12(14)15)19(16,17)9-2-1-5-18-7-9/h3-4,6,9H,1-2,5,7H2,(H,14,15). The van der Waals surface area contributed by atoms with Gasteiger partial charge < -0.3 is 9.84 Å². The van der Waals surface area contributed by atoms with Crippen LogP contribution in [0.15, 0.2) is 23.1 Å². The van der Waals surface area contributed by atoms with Crippen molar-refractivity contribution < 1.29 is 23.1 Å². The number of sulfone groups is 1. The van der Waals surface area contributed by atoms with Crippen LogP contribution in [-0.2, 0) is 14.6 Å². The average Bonchev–Trinajstić information content (AvgIpc) is 2.39. The van der Waals surface area contributed by atoms with E-state index in [4.69, 9.17) is 21.4 Å². The normalized spacial score (nSPS) is 20.2. The molecule has 0 saturated carbocycles. The maximum atomic E-state index is 12.3. The van der Waals surface area contributed by atoms with Gasteiger partial charge in [0.15, 0.2) is 9.84 Å². The molecule has 1 fully saturated rings. The molecule has 1 aromatic carbocycles. The van der Waals surface area contributed by atoms with E-state index in [1.807, 2.05) is 0 Å². The zero-order valence-electron chi connectivity index (χ0n) is 10.0. The lowest BCUT2D eigenvalue weighted by atomic mass is 10.2. The molecule has 1 unspecified atom stereocenters. The van der Waals surface area contributed by atoms with Crippen LogP contribution in [0.5, 0.6) is 0 Å². The molecule has 0 spiro atoms. The number of hydrogen-bond acceptors (Lipinski definition) is 4. The van der Waals surface area contributed by atoms with E-state index in [1.54, 1.807) is 0 Å². The molecular formula is C12H13ClO5S. The van der Waals surface area contributed by atoms with Crippen molar-refractivity contribution in [1.29, 1.82) is 0 Å². The van der Waals surface area contributed by atoms with Gasteiger partial charge in [-0.1, -0.05) is 11.6 Å². The molecule has 2 rings (SSSR count). The minimum Gasteiger partial charge on any atom is -0.478 e. The molecule has 0 radical (unpaired) electrons. The molecule has 7 heteroatoms. The number of carboxylic acids is 1. The maximum absolute atomic E-state index is 12.3. The second kappa shape index (κ2) is 5.48. The lowest BCUT2D eigenvalue weighted by Crippen LogP contribution is -2.31. The fourth-order valence-corrected chi connectivity index (χ4v) is 4.00. The Labute approximate surface area is 116 Å². The van der Waals surface area contributed by atoms with Gasteiger partial charge in [-0.15, -0.1) is 0 Å². The van der Waals surface area contributed by atoms with Gasteiger partial charge in [-0.25, -0.2) is 13.2 Å². The van der Waals surface area contributed by atoms with Crippen molar-refractivity contribution in [3.63, 3.8) is 0 Å². The highest BCUT2D eigenvalue weighted by molar-refractivity contribution is 7.92. The number of aromatic carboxylic acids is 1. The van der Waals surface area contributed by atoms with Gasteiger partial charge in [-0.2, -0.15) is 0 Å². The molecule has 0 aromatic heterocycles. The average molecular weight is 305 g/mol. The zero-order chi connectivity index (χ0) is 14.0.